The average molecular weight is 808 g/mol. The number of alkyl halides is 1. The zero-order chi connectivity index (χ0) is 39.0. The van der Waals surface area contributed by atoms with Gasteiger partial charge in [0.1, 0.15) is 17.7 Å². The number of amides is 3. The predicted molar refractivity (Wildman–Crippen MR) is 213 cm³/mol. The Balaban J connectivity index is 1.49. The Morgan fingerprint density at radius 1 is 1.06 bits per heavy atom. The highest BCUT2D eigenvalue weighted by atomic mass is 79.9. The molecule has 8 atom stereocenters. The number of halogens is 1. The molecule has 3 saturated heterocycles. The Bertz CT molecular complexity index is 1640. The lowest BCUT2D eigenvalue weighted by atomic mass is 9.70. The van der Waals surface area contributed by atoms with Crippen molar-refractivity contribution in [1.82, 2.24) is 10.2 Å². The molecule has 5 rings (SSSR count). The van der Waals surface area contributed by atoms with Crippen LogP contribution in [0.3, 0.4) is 0 Å². The van der Waals surface area contributed by atoms with E-state index < -0.39 is 47.7 Å². The van der Waals surface area contributed by atoms with Gasteiger partial charge in [-0.05, 0) is 82.7 Å². The molecule has 11 nitrogen and oxygen atoms in total. The van der Waals surface area contributed by atoms with Gasteiger partial charge >= 0.3 is 5.97 Å². The summed E-state index contributed by atoms with van der Waals surface area (Å²) in [4.78, 5) is 62.2. The minimum absolute atomic E-state index is 0.0269. The third-order valence-corrected chi connectivity index (χ3v) is 11.9. The molecular weight excluding hydrogens is 752 g/mol. The first-order chi connectivity index (χ1) is 26.1. The number of allylic oxidation sites excluding steroid dienone is 1. The fourth-order valence-corrected chi connectivity index (χ4v) is 9.40. The molecular formula is C42H55BrN4O7. The van der Waals surface area contributed by atoms with Crippen LogP contribution in [0.2, 0.25) is 0 Å². The van der Waals surface area contributed by atoms with E-state index in [1.54, 1.807) is 28.9 Å². The van der Waals surface area contributed by atoms with Crippen molar-refractivity contribution in [3.05, 3.63) is 85.5 Å². The third kappa shape index (κ3) is 8.30. The SMILES string of the molecule is C=CCCC(=O)N[C@@H](C)[C@H](OC(=O)[C@H]1[C@@H]2O[C@@]3(CC2Br)[C@@H]1C(=O)N(CCCCCO)[C@@H]3C(=O)N(CC=C)c1ccc(N(CC)CC)cc1)c1ccccc1. The number of ether oxygens (including phenoxy) is 2. The highest BCUT2D eigenvalue weighted by molar-refractivity contribution is 9.09. The maximum absolute atomic E-state index is 15.0. The number of nitrogens with zero attached hydrogens (tertiary/aromatic N) is 3. The number of aliphatic hydroxyl groups is 1. The molecule has 3 aliphatic heterocycles. The third-order valence-electron chi connectivity index (χ3n) is 11.0. The van der Waals surface area contributed by atoms with Gasteiger partial charge in [0.05, 0.1) is 24.0 Å². The van der Waals surface area contributed by atoms with Crippen LogP contribution < -0.4 is 15.1 Å². The van der Waals surface area contributed by atoms with Gasteiger partial charge in [-0.25, -0.2) is 0 Å². The second-order valence-electron chi connectivity index (χ2n) is 14.4. The first-order valence-corrected chi connectivity index (χ1v) is 20.1. The molecule has 0 radical (unpaired) electrons. The molecule has 0 saturated carbocycles. The molecule has 3 fully saturated rings. The second-order valence-corrected chi connectivity index (χ2v) is 15.5. The van der Waals surface area contributed by atoms with Gasteiger partial charge < -0.3 is 34.6 Å². The van der Waals surface area contributed by atoms with Crippen LogP contribution in [0.4, 0.5) is 11.4 Å². The highest BCUT2D eigenvalue weighted by Gasteiger charge is 2.77. The fraction of sp³-hybridized carbons (Fsp3) is 0.524. The van der Waals surface area contributed by atoms with Gasteiger partial charge in [0.2, 0.25) is 11.8 Å². The number of hydrogen-bond donors (Lipinski definition) is 2. The molecule has 2 aromatic rings. The van der Waals surface area contributed by atoms with Crippen LogP contribution in [0.5, 0.6) is 0 Å². The van der Waals surface area contributed by atoms with Crippen LogP contribution in [-0.4, -0.2) is 95.1 Å². The summed E-state index contributed by atoms with van der Waals surface area (Å²) in [5, 5.41) is 12.4. The molecule has 1 spiro atoms. The number of nitrogens with one attached hydrogen (secondary N) is 1. The van der Waals surface area contributed by atoms with E-state index in [0.717, 1.165) is 18.8 Å². The number of benzene rings is 2. The molecule has 292 valence electrons. The average Bonchev–Trinajstić information content (AvgIpc) is 3.77. The molecule has 3 amide bonds. The van der Waals surface area contributed by atoms with Crippen LogP contribution in [0, 0.1) is 11.8 Å². The zero-order valence-electron chi connectivity index (χ0n) is 31.7. The summed E-state index contributed by atoms with van der Waals surface area (Å²) in [6.07, 6.45) is 4.67. The van der Waals surface area contributed by atoms with Gasteiger partial charge in [-0.15, -0.1) is 13.2 Å². The molecule has 1 unspecified atom stereocenters. The van der Waals surface area contributed by atoms with Crippen molar-refractivity contribution in [1.29, 1.82) is 0 Å². The number of aliphatic hydroxyl groups excluding tert-OH is 1. The predicted octanol–water partition coefficient (Wildman–Crippen LogP) is 5.72. The van der Waals surface area contributed by atoms with Crippen molar-refractivity contribution in [2.75, 3.05) is 42.6 Å². The number of likely N-dealkylation sites (tertiary alicyclic amines) is 1. The summed E-state index contributed by atoms with van der Waals surface area (Å²) < 4.78 is 13.1. The van der Waals surface area contributed by atoms with Crippen LogP contribution in [0.1, 0.15) is 71.0 Å². The van der Waals surface area contributed by atoms with Gasteiger partial charge in [0, 0.05) is 55.4 Å². The van der Waals surface area contributed by atoms with Crippen LogP contribution >= 0.6 is 15.9 Å². The van der Waals surface area contributed by atoms with Crippen molar-refractivity contribution in [3.8, 4) is 0 Å². The van der Waals surface area contributed by atoms with E-state index in [9.17, 15) is 19.5 Å². The normalized spacial score (nSPS) is 25.1. The molecule has 3 aliphatic rings. The molecule has 12 heteroatoms. The Kier molecular flexibility index (Phi) is 14.1. The van der Waals surface area contributed by atoms with E-state index in [4.69, 9.17) is 9.47 Å². The Hall–Kier alpha value is -4.00. The van der Waals surface area contributed by atoms with E-state index in [0.29, 0.717) is 43.4 Å². The van der Waals surface area contributed by atoms with Crippen LogP contribution in [-0.2, 0) is 28.7 Å². The molecule has 2 N–H and O–H groups in total. The second kappa shape index (κ2) is 18.6. The quantitative estimate of drug-likeness (QED) is 0.0754. The van der Waals surface area contributed by atoms with Gasteiger partial charge in [0.25, 0.3) is 5.91 Å². The number of unbranched alkanes of at least 4 members (excludes halogenated alkanes) is 2. The molecule has 3 heterocycles. The fourth-order valence-electron chi connectivity index (χ4n) is 8.46. The standard InChI is InChI=1S/C42H55BrN4O7/c1-6-10-19-33(49)44-28(5)36(29-17-13-11-14-18-29)53-41(52)34-35-39(50)47(25-15-12-16-26-48)38(42(35)27-32(43)37(34)54-42)40(51)46(24-7-2)31-22-20-30(21-23-31)45(8-3)9-4/h6-7,11,13-14,17-18,20-23,28,32,34-38,48H,1-2,8-10,12,15-16,19,24-27H2,3-5H3,(H,44,49)/t28-,32?,34+,35-,36-,37+,38+,42-/m0/s1. The summed E-state index contributed by atoms with van der Waals surface area (Å²) in [5.74, 6) is -3.40. The van der Waals surface area contributed by atoms with Gasteiger partial charge in [-0.3, -0.25) is 19.2 Å². The highest BCUT2D eigenvalue weighted by Crippen LogP contribution is 2.60. The monoisotopic (exact) mass is 806 g/mol. The minimum Gasteiger partial charge on any atom is -0.455 e. The summed E-state index contributed by atoms with van der Waals surface area (Å²) in [6, 6.07) is 15.4. The van der Waals surface area contributed by atoms with Gasteiger partial charge in [-0.2, -0.15) is 0 Å². The number of rotatable bonds is 20. The summed E-state index contributed by atoms with van der Waals surface area (Å²) in [7, 11) is 0. The Morgan fingerprint density at radius 2 is 1.74 bits per heavy atom. The molecule has 2 bridgehead atoms. The molecule has 0 aromatic heterocycles. The van der Waals surface area contributed by atoms with Crippen LogP contribution in [0.25, 0.3) is 0 Å². The summed E-state index contributed by atoms with van der Waals surface area (Å²) in [5.41, 5.74) is 1.11. The van der Waals surface area contributed by atoms with Crippen molar-refractivity contribution in [2.24, 2.45) is 11.8 Å². The van der Waals surface area contributed by atoms with E-state index in [2.05, 4.69) is 53.2 Å². The van der Waals surface area contributed by atoms with E-state index in [1.165, 1.54) is 0 Å². The minimum atomic E-state index is -1.29. The Morgan fingerprint density at radius 3 is 2.37 bits per heavy atom. The number of hydrogen-bond acceptors (Lipinski definition) is 8. The Labute approximate surface area is 327 Å². The lowest BCUT2D eigenvalue weighted by molar-refractivity contribution is -0.162. The van der Waals surface area contributed by atoms with Gasteiger partial charge in [0.15, 0.2) is 0 Å². The van der Waals surface area contributed by atoms with Crippen molar-refractivity contribution in [2.45, 2.75) is 94.0 Å². The number of carbonyl (C=O) groups excluding carboxylic acids is 4. The lowest BCUT2D eigenvalue weighted by Crippen LogP contribution is -2.57. The number of carbonyl (C=O) groups is 4. The molecule has 0 aliphatic carbocycles. The number of esters is 1. The molecule has 2 aromatic carbocycles. The largest absolute Gasteiger partial charge is 0.455 e. The van der Waals surface area contributed by atoms with Crippen molar-refractivity contribution < 1.29 is 33.8 Å². The molecule has 54 heavy (non-hydrogen) atoms. The van der Waals surface area contributed by atoms with Crippen LogP contribution in [0.15, 0.2) is 79.9 Å². The van der Waals surface area contributed by atoms with Crippen molar-refractivity contribution in [3.63, 3.8) is 0 Å². The number of anilines is 2. The van der Waals surface area contributed by atoms with E-state index in [-0.39, 0.29) is 48.7 Å². The lowest BCUT2D eigenvalue weighted by Gasteiger charge is -2.37. The maximum atomic E-state index is 15.0. The zero-order valence-corrected chi connectivity index (χ0v) is 33.3. The van der Waals surface area contributed by atoms with E-state index in [1.807, 2.05) is 54.6 Å². The summed E-state index contributed by atoms with van der Waals surface area (Å²) >= 11 is 3.77. The summed E-state index contributed by atoms with van der Waals surface area (Å²) in [6.45, 7) is 15.8. The first kappa shape index (κ1) is 41.2. The smallest absolute Gasteiger partial charge is 0.313 e. The van der Waals surface area contributed by atoms with Gasteiger partial charge in [-0.1, -0.05) is 58.4 Å². The number of fused-ring (bicyclic) bond motifs is 1. The van der Waals surface area contributed by atoms with Crippen molar-refractivity contribution >= 4 is 51.0 Å². The first-order valence-electron chi connectivity index (χ1n) is 19.2. The topological polar surface area (TPSA) is 129 Å². The van der Waals surface area contributed by atoms with E-state index >= 15 is 4.79 Å². The maximum Gasteiger partial charge on any atom is 0.313 e.